The minimum Gasteiger partial charge on any atom is -0.384 e. The Hall–Kier alpha value is -4.20. The van der Waals surface area contributed by atoms with Crippen LogP contribution >= 0.6 is 0 Å². The number of hydrogen-bond acceptors (Lipinski definition) is 6. The standard InChI is InChI=1S/C24H23N7O/c1-14-13-30(19-7-3-16(4-8-19)23(26)32)21-11-17(18-6-10-22(25)27-12-18)5-9-20(21)31-15(2)28-29-24(14)31/h3-12,14H,13H2,1-2H3,(H2,25,27)(H2,26,32)/t14-/m1/s1. The molecule has 2 aromatic heterocycles. The van der Waals surface area contributed by atoms with Crippen molar-refractivity contribution in [2.45, 2.75) is 19.8 Å². The Morgan fingerprint density at radius 2 is 1.75 bits per heavy atom. The van der Waals surface area contributed by atoms with Crippen LogP contribution in [-0.2, 0) is 0 Å². The summed E-state index contributed by atoms with van der Waals surface area (Å²) in [6, 6.07) is 17.4. The number of anilines is 3. The lowest BCUT2D eigenvalue weighted by atomic mass is 10.0. The number of primary amides is 1. The Kier molecular flexibility index (Phi) is 4.62. The van der Waals surface area contributed by atoms with E-state index in [1.54, 1.807) is 24.4 Å². The summed E-state index contributed by atoms with van der Waals surface area (Å²) in [6.45, 7) is 4.80. The van der Waals surface area contributed by atoms with Crippen molar-refractivity contribution in [2.75, 3.05) is 17.2 Å². The van der Waals surface area contributed by atoms with Gasteiger partial charge in [-0.15, -0.1) is 10.2 Å². The number of nitrogens with two attached hydrogens (primary N) is 2. The molecule has 1 aliphatic rings. The van der Waals surface area contributed by atoms with Gasteiger partial charge in [0.1, 0.15) is 17.5 Å². The van der Waals surface area contributed by atoms with Gasteiger partial charge >= 0.3 is 0 Å². The lowest BCUT2D eigenvalue weighted by Crippen LogP contribution is -2.22. The number of nitrogens with zero attached hydrogens (tertiary/aromatic N) is 5. The van der Waals surface area contributed by atoms with E-state index in [9.17, 15) is 4.79 Å². The quantitative estimate of drug-likeness (QED) is 0.518. The normalized spacial score (nSPS) is 15.1. The van der Waals surface area contributed by atoms with Gasteiger partial charge in [-0.3, -0.25) is 9.36 Å². The SMILES string of the molecule is Cc1nnc2n1-c1ccc(-c3ccc(N)nc3)cc1N(c1ccc(C(N)=O)cc1)C[C@H]2C. The zero-order chi connectivity index (χ0) is 22.4. The van der Waals surface area contributed by atoms with E-state index in [-0.39, 0.29) is 5.92 Å². The van der Waals surface area contributed by atoms with Crippen molar-refractivity contribution in [3.05, 3.63) is 78.0 Å². The van der Waals surface area contributed by atoms with Crippen LogP contribution in [0.3, 0.4) is 0 Å². The van der Waals surface area contributed by atoms with E-state index < -0.39 is 5.91 Å². The molecule has 0 unspecified atom stereocenters. The summed E-state index contributed by atoms with van der Waals surface area (Å²) in [6.07, 6.45) is 1.78. The second-order valence-corrected chi connectivity index (χ2v) is 8.04. The number of nitrogen functional groups attached to an aromatic ring is 1. The first-order chi connectivity index (χ1) is 15.4. The third kappa shape index (κ3) is 3.26. The number of aryl methyl sites for hydroxylation is 1. The van der Waals surface area contributed by atoms with Gasteiger partial charge in [0, 0.05) is 35.5 Å². The number of amides is 1. The summed E-state index contributed by atoms with van der Waals surface area (Å²) >= 11 is 0. The van der Waals surface area contributed by atoms with Gasteiger partial charge in [-0.05, 0) is 61.0 Å². The van der Waals surface area contributed by atoms with Gasteiger partial charge in [0.15, 0.2) is 0 Å². The molecule has 32 heavy (non-hydrogen) atoms. The Morgan fingerprint density at radius 1 is 1.00 bits per heavy atom. The smallest absolute Gasteiger partial charge is 0.248 e. The maximum Gasteiger partial charge on any atom is 0.248 e. The van der Waals surface area contributed by atoms with Crippen molar-refractivity contribution in [1.29, 1.82) is 0 Å². The van der Waals surface area contributed by atoms with Gasteiger partial charge in [-0.25, -0.2) is 4.98 Å². The first kappa shape index (κ1) is 19.7. The third-order valence-electron chi connectivity index (χ3n) is 5.84. The van der Waals surface area contributed by atoms with E-state index >= 15 is 0 Å². The van der Waals surface area contributed by atoms with Crippen LogP contribution in [0.1, 0.15) is 34.8 Å². The maximum atomic E-state index is 11.5. The Morgan fingerprint density at radius 3 is 2.44 bits per heavy atom. The minimum atomic E-state index is -0.443. The van der Waals surface area contributed by atoms with Crippen LogP contribution in [-0.4, -0.2) is 32.2 Å². The summed E-state index contributed by atoms with van der Waals surface area (Å²) < 4.78 is 2.11. The molecule has 0 saturated heterocycles. The molecule has 160 valence electrons. The lowest BCUT2D eigenvalue weighted by molar-refractivity contribution is 0.100. The molecule has 5 rings (SSSR count). The summed E-state index contributed by atoms with van der Waals surface area (Å²) in [5, 5.41) is 8.78. The van der Waals surface area contributed by atoms with Crippen LogP contribution in [0, 0.1) is 6.92 Å². The van der Waals surface area contributed by atoms with E-state index in [2.05, 4.69) is 49.8 Å². The van der Waals surface area contributed by atoms with Crippen molar-refractivity contribution in [1.82, 2.24) is 19.7 Å². The molecule has 0 spiro atoms. The van der Waals surface area contributed by atoms with Crippen LogP contribution < -0.4 is 16.4 Å². The van der Waals surface area contributed by atoms with Gasteiger partial charge in [-0.1, -0.05) is 13.0 Å². The van der Waals surface area contributed by atoms with Crippen LogP contribution in [0.25, 0.3) is 16.8 Å². The second-order valence-electron chi connectivity index (χ2n) is 8.04. The Balaban J connectivity index is 1.70. The molecule has 4 N–H and O–H groups in total. The number of hydrogen-bond donors (Lipinski definition) is 2. The highest BCUT2D eigenvalue weighted by atomic mass is 16.1. The van der Waals surface area contributed by atoms with Crippen molar-refractivity contribution in [3.8, 4) is 16.8 Å². The molecule has 1 atom stereocenters. The van der Waals surface area contributed by atoms with Crippen LogP contribution in [0.5, 0.6) is 0 Å². The van der Waals surface area contributed by atoms with Gasteiger partial charge in [-0.2, -0.15) is 0 Å². The molecule has 4 aromatic rings. The van der Waals surface area contributed by atoms with E-state index in [1.807, 2.05) is 25.1 Å². The molecule has 8 heteroatoms. The number of pyridine rings is 1. The minimum absolute atomic E-state index is 0.126. The Bertz CT molecular complexity index is 1310. The van der Waals surface area contributed by atoms with Gasteiger partial charge in [0.25, 0.3) is 0 Å². The molecular formula is C24H23N7O. The zero-order valence-corrected chi connectivity index (χ0v) is 17.9. The van der Waals surface area contributed by atoms with E-state index in [0.29, 0.717) is 17.9 Å². The fourth-order valence-corrected chi connectivity index (χ4v) is 4.18. The molecule has 3 heterocycles. The highest BCUT2D eigenvalue weighted by molar-refractivity contribution is 5.93. The predicted molar refractivity (Wildman–Crippen MR) is 124 cm³/mol. The van der Waals surface area contributed by atoms with Crippen LogP contribution in [0.15, 0.2) is 60.8 Å². The van der Waals surface area contributed by atoms with E-state index in [1.165, 1.54) is 0 Å². The van der Waals surface area contributed by atoms with E-state index in [4.69, 9.17) is 11.5 Å². The summed E-state index contributed by atoms with van der Waals surface area (Å²) in [5.74, 6) is 1.92. The summed E-state index contributed by atoms with van der Waals surface area (Å²) in [7, 11) is 0. The number of rotatable bonds is 3. The molecular weight excluding hydrogens is 402 g/mol. The highest BCUT2D eigenvalue weighted by Gasteiger charge is 2.28. The van der Waals surface area contributed by atoms with E-state index in [0.717, 1.165) is 39.8 Å². The van der Waals surface area contributed by atoms with Gasteiger partial charge in [0.2, 0.25) is 5.91 Å². The Labute approximate surface area is 185 Å². The van der Waals surface area contributed by atoms with Gasteiger partial charge < -0.3 is 16.4 Å². The lowest BCUT2D eigenvalue weighted by Gasteiger charge is -2.27. The number of fused-ring (bicyclic) bond motifs is 3. The number of carbonyl (C=O) groups is 1. The molecule has 1 aliphatic heterocycles. The highest BCUT2D eigenvalue weighted by Crippen LogP contribution is 2.40. The monoisotopic (exact) mass is 425 g/mol. The maximum absolute atomic E-state index is 11.5. The third-order valence-corrected chi connectivity index (χ3v) is 5.84. The second kappa shape index (κ2) is 7.49. The predicted octanol–water partition coefficient (Wildman–Crippen LogP) is 3.57. The number of carbonyl (C=O) groups excluding carboxylic acids is 1. The number of benzene rings is 2. The summed E-state index contributed by atoms with van der Waals surface area (Å²) in [5.41, 5.74) is 16.7. The number of aromatic nitrogens is 4. The van der Waals surface area contributed by atoms with Gasteiger partial charge in [0.05, 0.1) is 11.4 Å². The molecule has 0 fully saturated rings. The fraction of sp³-hybridized carbons (Fsp3) is 0.167. The van der Waals surface area contributed by atoms with Crippen LogP contribution in [0.2, 0.25) is 0 Å². The average Bonchev–Trinajstić information content (AvgIpc) is 3.13. The largest absolute Gasteiger partial charge is 0.384 e. The average molecular weight is 425 g/mol. The van der Waals surface area contributed by atoms with Crippen LogP contribution in [0.4, 0.5) is 17.2 Å². The van der Waals surface area contributed by atoms with Crippen molar-refractivity contribution < 1.29 is 4.79 Å². The van der Waals surface area contributed by atoms with Crippen molar-refractivity contribution in [2.24, 2.45) is 5.73 Å². The molecule has 0 aliphatic carbocycles. The topological polar surface area (TPSA) is 116 Å². The first-order valence-corrected chi connectivity index (χ1v) is 10.4. The van der Waals surface area contributed by atoms with Crippen molar-refractivity contribution >= 4 is 23.1 Å². The molecule has 8 nitrogen and oxygen atoms in total. The first-order valence-electron chi connectivity index (χ1n) is 10.4. The zero-order valence-electron chi connectivity index (χ0n) is 17.9. The molecule has 0 radical (unpaired) electrons. The molecule has 1 amide bonds. The fourth-order valence-electron chi connectivity index (χ4n) is 4.18. The van der Waals surface area contributed by atoms with Crippen molar-refractivity contribution in [3.63, 3.8) is 0 Å². The molecule has 0 bridgehead atoms. The molecule has 2 aromatic carbocycles. The molecule has 0 saturated carbocycles. The summed E-state index contributed by atoms with van der Waals surface area (Å²) in [4.78, 5) is 18.0.